The van der Waals surface area contributed by atoms with Gasteiger partial charge in [0.1, 0.15) is 11.6 Å². The standard InChI is InChI=1S/C15H20ClN5S/c16-12-3-8-22-13(12)10-20-5-1-11(2-6-20)15-19-18-14-9-17-4-7-21(14)15/h3,8,11,17H,1-2,4-7,9-10H2. The van der Waals surface area contributed by atoms with Crippen LogP contribution in [0.5, 0.6) is 0 Å². The van der Waals surface area contributed by atoms with E-state index in [2.05, 4.69) is 30.4 Å². The third-order valence-corrected chi connectivity index (χ3v) is 6.03. The smallest absolute Gasteiger partial charge is 0.147 e. The summed E-state index contributed by atoms with van der Waals surface area (Å²) in [5.74, 6) is 2.84. The molecule has 7 heteroatoms. The van der Waals surface area contributed by atoms with Crippen molar-refractivity contribution in [2.24, 2.45) is 0 Å². The van der Waals surface area contributed by atoms with Crippen molar-refractivity contribution in [1.29, 1.82) is 0 Å². The Balaban J connectivity index is 1.40. The number of nitrogens with one attached hydrogen (secondary N) is 1. The Morgan fingerprint density at radius 2 is 2.14 bits per heavy atom. The van der Waals surface area contributed by atoms with Crippen LogP contribution in [0.4, 0.5) is 0 Å². The first kappa shape index (κ1) is 14.6. The number of nitrogens with zero attached hydrogens (tertiary/aromatic N) is 4. The van der Waals surface area contributed by atoms with E-state index < -0.39 is 0 Å². The zero-order chi connectivity index (χ0) is 14.9. The maximum Gasteiger partial charge on any atom is 0.147 e. The van der Waals surface area contributed by atoms with Gasteiger partial charge >= 0.3 is 0 Å². The summed E-state index contributed by atoms with van der Waals surface area (Å²) in [6, 6.07) is 1.99. The minimum atomic E-state index is 0.550. The zero-order valence-electron chi connectivity index (χ0n) is 12.5. The van der Waals surface area contributed by atoms with Crippen LogP contribution in [0.1, 0.15) is 35.3 Å². The van der Waals surface area contributed by atoms with E-state index in [0.717, 1.165) is 63.0 Å². The van der Waals surface area contributed by atoms with Crippen LogP contribution in [0.2, 0.25) is 5.02 Å². The number of rotatable bonds is 3. The van der Waals surface area contributed by atoms with Crippen LogP contribution in [0.15, 0.2) is 11.4 Å². The molecule has 1 N–H and O–H groups in total. The first-order valence-corrected chi connectivity index (χ1v) is 9.14. The Labute approximate surface area is 139 Å². The summed E-state index contributed by atoms with van der Waals surface area (Å²) in [6.07, 6.45) is 2.32. The maximum absolute atomic E-state index is 6.20. The van der Waals surface area contributed by atoms with Crippen LogP contribution < -0.4 is 5.32 Å². The Hall–Kier alpha value is -0.950. The minimum absolute atomic E-state index is 0.550. The largest absolute Gasteiger partial charge is 0.312 e. The predicted octanol–water partition coefficient (Wildman–Crippen LogP) is 2.48. The van der Waals surface area contributed by atoms with E-state index in [1.165, 1.54) is 10.7 Å². The van der Waals surface area contributed by atoms with Crippen LogP contribution >= 0.6 is 22.9 Å². The molecule has 4 rings (SSSR count). The molecule has 0 saturated carbocycles. The molecule has 0 amide bonds. The maximum atomic E-state index is 6.20. The van der Waals surface area contributed by atoms with Gasteiger partial charge in [-0.1, -0.05) is 11.6 Å². The highest BCUT2D eigenvalue weighted by atomic mass is 35.5. The van der Waals surface area contributed by atoms with Gasteiger partial charge in [-0.2, -0.15) is 0 Å². The topological polar surface area (TPSA) is 46.0 Å². The molecule has 0 aliphatic carbocycles. The van der Waals surface area contributed by atoms with Gasteiger partial charge in [-0.25, -0.2) is 0 Å². The number of hydrogen-bond donors (Lipinski definition) is 1. The van der Waals surface area contributed by atoms with Crippen molar-refractivity contribution in [2.45, 2.75) is 38.4 Å². The van der Waals surface area contributed by atoms with Gasteiger partial charge < -0.3 is 9.88 Å². The number of thiophene rings is 1. The molecule has 5 nitrogen and oxygen atoms in total. The third kappa shape index (κ3) is 2.80. The number of piperidine rings is 1. The van der Waals surface area contributed by atoms with Crippen molar-refractivity contribution in [3.05, 3.63) is 33.0 Å². The molecule has 0 radical (unpaired) electrons. The average molecular weight is 338 g/mol. The van der Waals surface area contributed by atoms with E-state index in [-0.39, 0.29) is 0 Å². The molecule has 4 heterocycles. The van der Waals surface area contributed by atoms with Gasteiger partial charge in [-0.3, -0.25) is 4.90 Å². The fourth-order valence-corrected chi connectivity index (χ4v) is 4.54. The summed E-state index contributed by atoms with van der Waals surface area (Å²) in [7, 11) is 0. The number of hydrogen-bond acceptors (Lipinski definition) is 5. The SMILES string of the molecule is Clc1ccsc1CN1CCC(c2nnc3n2CCNC3)CC1. The fourth-order valence-electron chi connectivity index (χ4n) is 3.41. The van der Waals surface area contributed by atoms with Crippen molar-refractivity contribution in [1.82, 2.24) is 25.0 Å². The Bertz CT molecular complexity index is 644. The lowest BCUT2D eigenvalue weighted by molar-refractivity contribution is 0.201. The average Bonchev–Trinajstić information content (AvgIpc) is 3.15. The molecule has 118 valence electrons. The molecular weight excluding hydrogens is 318 g/mol. The molecule has 0 spiro atoms. The van der Waals surface area contributed by atoms with Crippen LogP contribution in [-0.4, -0.2) is 39.3 Å². The monoisotopic (exact) mass is 337 g/mol. The van der Waals surface area contributed by atoms with Gasteiger partial charge in [-0.15, -0.1) is 21.5 Å². The Morgan fingerprint density at radius 3 is 2.91 bits per heavy atom. The lowest BCUT2D eigenvalue weighted by atomic mass is 9.95. The van der Waals surface area contributed by atoms with Crippen LogP contribution in [0.3, 0.4) is 0 Å². The molecular formula is C15H20ClN5S. The van der Waals surface area contributed by atoms with E-state index in [9.17, 15) is 0 Å². The first-order chi connectivity index (χ1) is 10.8. The molecule has 2 aliphatic rings. The molecule has 0 unspecified atom stereocenters. The van der Waals surface area contributed by atoms with E-state index >= 15 is 0 Å². The van der Waals surface area contributed by atoms with Gasteiger partial charge in [-0.05, 0) is 37.4 Å². The molecule has 1 fully saturated rings. The quantitative estimate of drug-likeness (QED) is 0.934. The molecule has 0 atom stereocenters. The molecule has 0 bridgehead atoms. The normalized spacial score (nSPS) is 20.2. The van der Waals surface area contributed by atoms with Gasteiger partial charge in [0.05, 0.1) is 11.6 Å². The number of fused-ring (bicyclic) bond motifs is 1. The van der Waals surface area contributed by atoms with Crippen molar-refractivity contribution in [3.8, 4) is 0 Å². The molecule has 22 heavy (non-hydrogen) atoms. The molecule has 0 aromatic carbocycles. The Kier molecular flexibility index (Phi) is 4.17. The van der Waals surface area contributed by atoms with Gasteiger partial charge in [0.2, 0.25) is 0 Å². The van der Waals surface area contributed by atoms with Gasteiger partial charge in [0, 0.05) is 30.4 Å². The number of aromatic nitrogens is 3. The highest BCUT2D eigenvalue weighted by molar-refractivity contribution is 7.10. The first-order valence-electron chi connectivity index (χ1n) is 7.88. The lowest BCUT2D eigenvalue weighted by Crippen LogP contribution is -2.34. The van der Waals surface area contributed by atoms with Crippen molar-refractivity contribution in [2.75, 3.05) is 19.6 Å². The van der Waals surface area contributed by atoms with Gasteiger partial charge in [0.25, 0.3) is 0 Å². The summed E-state index contributed by atoms with van der Waals surface area (Å²) in [6.45, 7) is 6.07. The zero-order valence-corrected chi connectivity index (χ0v) is 14.0. The second kappa shape index (κ2) is 6.28. The summed E-state index contributed by atoms with van der Waals surface area (Å²) < 4.78 is 2.33. The lowest BCUT2D eigenvalue weighted by Gasteiger charge is -2.31. The predicted molar refractivity (Wildman–Crippen MR) is 88.3 cm³/mol. The summed E-state index contributed by atoms with van der Waals surface area (Å²) >= 11 is 7.96. The van der Waals surface area contributed by atoms with Crippen LogP contribution in [-0.2, 0) is 19.6 Å². The van der Waals surface area contributed by atoms with Crippen LogP contribution in [0.25, 0.3) is 0 Å². The van der Waals surface area contributed by atoms with Gasteiger partial charge in [0.15, 0.2) is 0 Å². The summed E-state index contributed by atoms with van der Waals surface area (Å²) in [4.78, 5) is 3.79. The Morgan fingerprint density at radius 1 is 1.27 bits per heavy atom. The summed E-state index contributed by atoms with van der Waals surface area (Å²) in [5, 5.41) is 15.1. The van der Waals surface area contributed by atoms with E-state index in [0.29, 0.717) is 5.92 Å². The van der Waals surface area contributed by atoms with E-state index in [4.69, 9.17) is 11.6 Å². The van der Waals surface area contributed by atoms with Crippen molar-refractivity contribution >= 4 is 22.9 Å². The van der Waals surface area contributed by atoms with E-state index in [1.54, 1.807) is 11.3 Å². The molecule has 1 saturated heterocycles. The highest BCUT2D eigenvalue weighted by Crippen LogP contribution is 2.30. The molecule has 2 aromatic heterocycles. The fraction of sp³-hybridized carbons (Fsp3) is 0.600. The van der Waals surface area contributed by atoms with Crippen molar-refractivity contribution < 1.29 is 0 Å². The number of halogens is 1. The van der Waals surface area contributed by atoms with E-state index in [1.807, 2.05) is 6.07 Å². The highest BCUT2D eigenvalue weighted by Gasteiger charge is 2.27. The van der Waals surface area contributed by atoms with Crippen molar-refractivity contribution in [3.63, 3.8) is 0 Å². The summed E-state index contributed by atoms with van der Waals surface area (Å²) in [5.41, 5.74) is 0. The van der Waals surface area contributed by atoms with Crippen LogP contribution in [0, 0.1) is 0 Å². The second-order valence-corrected chi connectivity index (χ2v) is 7.45. The third-order valence-electron chi connectivity index (χ3n) is 4.66. The molecule has 2 aromatic rings. The number of likely N-dealkylation sites (tertiary alicyclic amines) is 1. The minimum Gasteiger partial charge on any atom is -0.312 e. The molecule has 2 aliphatic heterocycles. The second-order valence-electron chi connectivity index (χ2n) is 6.04.